The Kier molecular flexibility index (Phi) is 4.39. The molecule has 0 radical (unpaired) electrons. The average molecular weight is 340 g/mol. The molecule has 0 saturated heterocycles. The number of benzene rings is 2. The Bertz CT molecular complexity index is 669. The van der Waals surface area contributed by atoms with Gasteiger partial charge >= 0.3 is 0 Å². The zero-order chi connectivity index (χ0) is 13.9. The van der Waals surface area contributed by atoms with Crippen molar-refractivity contribution in [2.24, 2.45) is 0 Å². The summed E-state index contributed by atoms with van der Waals surface area (Å²) in [6.45, 7) is 2.07. The van der Waals surface area contributed by atoms with Gasteiger partial charge in [-0.25, -0.2) is 13.1 Å². The van der Waals surface area contributed by atoms with E-state index in [2.05, 4.69) is 20.7 Å². The lowest BCUT2D eigenvalue weighted by molar-refractivity contribution is 0.580. The molecule has 0 aliphatic carbocycles. The molecule has 0 aromatic heterocycles. The first-order valence-electron chi connectivity index (χ1n) is 5.79. The van der Waals surface area contributed by atoms with Crippen LogP contribution in [0.1, 0.15) is 11.1 Å². The number of hydrogen-bond acceptors (Lipinski definition) is 2. The third-order valence-corrected chi connectivity index (χ3v) is 4.79. The lowest BCUT2D eigenvalue weighted by Gasteiger charge is -2.09. The molecule has 3 nitrogen and oxygen atoms in total. The third kappa shape index (κ3) is 3.65. The Morgan fingerprint density at radius 2 is 1.79 bits per heavy atom. The largest absolute Gasteiger partial charge is 0.241 e. The maximum absolute atomic E-state index is 12.2. The fraction of sp³-hybridized carbons (Fsp3) is 0.143. The number of aryl methyl sites for hydroxylation is 1. The summed E-state index contributed by atoms with van der Waals surface area (Å²) < 4.78 is 27.9. The molecule has 0 heterocycles. The quantitative estimate of drug-likeness (QED) is 0.929. The van der Waals surface area contributed by atoms with Crippen LogP contribution < -0.4 is 4.72 Å². The van der Waals surface area contributed by atoms with E-state index in [0.717, 1.165) is 15.6 Å². The molecular formula is C14H14BrNO2S. The fourth-order valence-electron chi connectivity index (χ4n) is 1.72. The van der Waals surface area contributed by atoms with Crippen molar-refractivity contribution in [1.82, 2.24) is 4.72 Å². The van der Waals surface area contributed by atoms with Gasteiger partial charge in [-0.05, 0) is 30.2 Å². The number of hydrogen-bond donors (Lipinski definition) is 1. The van der Waals surface area contributed by atoms with E-state index >= 15 is 0 Å². The summed E-state index contributed by atoms with van der Waals surface area (Å²) in [7, 11) is -3.49. The van der Waals surface area contributed by atoms with Crippen molar-refractivity contribution in [3.8, 4) is 0 Å². The van der Waals surface area contributed by atoms with E-state index in [-0.39, 0.29) is 6.54 Å². The number of nitrogens with one attached hydrogen (secondary N) is 1. The topological polar surface area (TPSA) is 46.2 Å². The first-order chi connectivity index (χ1) is 8.99. The highest BCUT2D eigenvalue weighted by Crippen LogP contribution is 2.20. The SMILES string of the molecule is Cc1ccc(Br)cc1S(=O)(=O)NCc1ccccc1. The smallest absolute Gasteiger partial charge is 0.207 e. The molecular weight excluding hydrogens is 326 g/mol. The van der Waals surface area contributed by atoms with Crippen molar-refractivity contribution in [2.75, 3.05) is 0 Å². The zero-order valence-electron chi connectivity index (χ0n) is 10.4. The summed E-state index contributed by atoms with van der Waals surface area (Å²) in [6.07, 6.45) is 0. The number of halogens is 1. The molecule has 0 saturated carbocycles. The molecule has 1 N–H and O–H groups in total. The van der Waals surface area contributed by atoms with E-state index in [1.165, 1.54) is 0 Å². The van der Waals surface area contributed by atoms with Crippen LogP contribution in [-0.2, 0) is 16.6 Å². The van der Waals surface area contributed by atoms with Crippen molar-refractivity contribution < 1.29 is 8.42 Å². The van der Waals surface area contributed by atoms with Gasteiger partial charge < -0.3 is 0 Å². The minimum absolute atomic E-state index is 0.287. The Hall–Kier alpha value is -1.17. The minimum Gasteiger partial charge on any atom is -0.207 e. The van der Waals surface area contributed by atoms with Crippen LogP contribution in [0.15, 0.2) is 57.9 Å². The standard InChI is InChI=1S/C14H14BrNO2S/c1-11-7-8-13(15)9-14(11)19(17,18)16-10-12-5-3-2-4-6-12/h2-9,16H,10H2,1H3. The predicted octanol–water partition coefficient (Wildman–Crippen LogP) is 3.24. The molecule has 0 amide bonds. The van der Waals surface area contributed by atoms with E-state index < -0.39 is 10.0 Å². The Morgan fingerprint density at radius 3 is 2.47 bits per heavy atom. The molecule has 0 bridgehead atoms. The van der Waals surface area contributed by atoms with Crippen molar-refractivity contribution in [3.05, 3.63) is 64.1 Å². The highest BCUT2D eigenvalue weighted by molar-refractivity contribution is 9.10. The fourth-order valence-corrected chi connectivity index (χ4v) is 3.51. The van der Waals surface area contributed by atoms with Crippen molar-refractivity contribution in [2.45, 2.75) is 18.4 Å². The van der Waals surface area contributed by atoms with E-state index in [0.29, 0.717) is 4.90 Å². The molecule has 0 aliphatic rings. The van der Waals surface area contributed by atoms with Crippen LogP contribution in [0.5, 0.6) is 0 Å². The van der Waals surface area contributed by atoms with Crippen LogP contribution in [0, 0.1) is 6.92 Å². The Balaban J connectivity index is 2.21. The van der Waals surface area contributed by atoms with Gasteiger partial charge in [-0.3, -0.25) is 0 Å². The maximum Gasteiger partial charge on any atom is 0.241 e. The zero-order valence-corrected chi connectivity index (χ0v) is 12.8. The molecule has 0 spiro atoms. The van der Waals surface area contributed by atoms with Gasteiger partial charge in [0, 0.05) is 11.0 Å². The molecule has 2 aromatic carbocycles. The van der Waals surface area contributed by atoms with Crippen molar-refractivity contribution in [1.29, 1.82) is 0 Å². The highest BCUT2D eigenvalue weighted by Gasteiger charge is 2.16. The van der Waals surface area contributed by atoms with Crippen LogP contribution in [0.4, 0.5) is 0 Å². The average Bonchev–Trinajstić information content (AvgIpc) is 2.40. The van der Waals surface area contributed by atoms with Gasteiger partial charge in [-0.1, -0.05) is 52.3 Å². The number of sulfonamides is 1. The Morgan fingerprint density at radius 1 is 1.11 bits per heavy atom. The highest BCUT2D eigenvalue weighted by atomic mass is 79.9. The third-order valence-electron chi connectivity index (χ3n) is 2.75. The Labute approximate surface area is 121 Å². The molecule has 5 heteroatoms. The lowest BCUT2D eigenvalue weighted by Crippen LogP contribution is -2.24. The van der Waals surface area contributed by atoms with E-state index in [1.807, 2.05) is 36.4 Å². The molecule has 0 atom stereocenters. The van der Waals surface area contributed by atoms with E-state index in [1.54, 1.807) is 19.1 Å². The molecule has 0 unspecified atom stereocenters. The van der Waals surface area contributed by atoms with Gasteiger partial charge in [0.2, 0.25) is 10.0 Å². The predicted molar refractivity (Wildman–Crippen MR) is 79.3 cm³/mol. The maximum atomic E-state index is 12.2. The van der Waals surface area contributed by atoms with Gasteiger partial charge in [0.1, 0.15) is 0 Å². The second kappa shape index (κ2) is 5.86. The second-order valence-corrected chi connectivity index (χ2v) is 6.87. The summed E-state index contributed by atoms with van der Waals surface area (Å²) >= 11 is 3.29. The first-order valence-corrected chi connectivity index (χ1v) is 8.06. The monoisotopic (exact) mass is 339 g/mol. The van der Waals surface area contributed by atoms with Crippen LogP contribution in [0.25, 0.3) is 0 Å². The van der Waals surface area contributed by atoms with E-state index in [4.69, 9.17) is 0 Å². The molecule has 19 heavy (non-hydrogen) atoms. The number of rotatable bonds is 4. The van der Waals surface area contributed by atoms with Gasteiger partial charge in [-0.15, -0.1) is 0 Å². The van der Waals surface area contributed by atoms with Gasteiger partial charge in [0.05, 0.1) is 4.90 Å². The molecule has 0 aliphatic heterocycles. The van der Waals surface area contributed by atoms with Crippen molar-refractivity contribution in [3.63, 3.8) is 0 Å². The lowest BCUT2D eigenvalue weighted by atomic mass is 10.2. The van der Waals surface area contributed by atoms with Gasteiger partial charge in [0.25, 0.3) is 0 Å². The summed E-state index contributed by atoms with van der Waals surface area (Å²) in [5, 5.41) is 0. The van der Waals surface area contributed by atoms with Gasteiger partial charge in [0.15, 0.2) is 0 Å². The minimum atomic E-state index is -3.49. The second-order valence-electron chi connectivity index (χ2n) is 4.22. The molecule has 100 valence electrons. The molecule has 2 aromatic rings. The summed E-state index contributed by atoms with van der Waals surface area (Å²) in [4.78, 5) is 0.304. The molecule has 0 fully saturated rings. The van der Waals surface area contributed by atoms with Gasteiger partial charge in [-0.2, -0.15) is 0 Å². The first kappa shape index (κ1) is 14.2. The van der Waals surface area contributed by atoms with Crippen LogP contribution in [0.2, 0.25) is 0 Å². The van der Waals surface area contributed by atoms with Crippen LogP contribution in [-0.4, -0.2) is 8.42 Å². The summed E-state index contributed by atoms with van der Waals surface area (Å²) in [5.41, 5.74) is 1.66. The normalized spacial score (nSPS) is 11.5. The summed E-state index contributed by atoms with van der Waals surface area (Å²) in [6, 6.07) is 14.7. The summed E-state index contributed by atoms with van der Waals surface area (Å²) in [5.74, 6) is 0. The van der Waals surface area contributed by atoms with Crippen LogP contribution in [0.3, 0.4) is 0 Å². The van der Waals surface area contributed by atoms with Crippen molar-refractivity contribution >= 4 is 26.0 Å². The van der Waals surface area contributed by atoms with Crippen LogP contribution >= 0.6 is 15.9 Å². The van der Waals surface area contributed by atoms with E-state index in [9.17, 15) is 8.42 Å². The molecule has 2 rings (SSSR count).